The Hall–Kier alpha value is -1.90. The van der Waals surface area contributed by atoms with Crippen LogP contribution in [0, 0.1) is 0 Å². The van der Waals surface area contributed by atoms with Crippen LogP contribution in [0.1, 0.15) is 0 Å². The van der Waals surface area contributed by atoms with Crippen molar-refractivity contribution in [3.63, 3.8) is 0 Å². The fraction of sp³-hybridized carbons (Fsp3) is 0. The molecule has 0 heterocycles. The number of hydrogen-bond acceptors (Lipinski definition) is 4. The molecule has 0 aliphatic rings. The van der Waals surface area contributed by atoms with Gasteiger partial charge < -0.3 is 20.4 Å². The molecule has 10 nitrogen and oxygen atoms in total. The SMILES string of the molecule is O=C(O)NC(=O)O.O=C(O)NC(=O)O.[Zn]. The van der Waals surface area contributed by atoms with E-state index in [9.17, 15) is 19.2 Å². The van der Waals surface area contributed by atoms with Gasteiger partial charge in [0.15, 0.2) is 0 Å². The number of imide groups is 2. The van der Waals surface area contributed by atoms with Crippen LogP contribution in [0.3, 0.4) is 0 Å². The summed E-state index contributed by atoms with van der Waals surface area (Å²) in [5, 5.41) is 32.6. The number of amides is 4. The summed E-state index contributed by atoms with van der Waals surface area (Å²) >= 11 is 0. The summed E-state index contributed by atoms with van der Waals surface area (Å²) in [5.41, 5.74) is 0. The first-order valence-corrected chi connectivity index (χ1v) is 2.71. The van der Waals surface area contributed by atoms with Gasteiger partial charge in [-0.25, -0.2) is 29.8 Å². The molecule has 15 heavy (non-hydrogen) atoms. The van der Waals surface area contributed by atoms with Crippen LogP contribution < -0.4 is 10.6 Å². The Bertz CT molecular complexity index is 203. The van der Waals surface area contributed by atoms with Crippen molar-refractivity contribution < 1.29 is 59.1 Å². The first-order chi connectivity index (χ1) is 6.25. The number of rotatable bonds is 0. The van der Waals surface area contributed by atoms with Crippen molar-refractivity contribution in [3.8, 4) is 0 Å². The Kier molecular flexibility index (Phi) is 12.8. The van der Waals surface area contributed by atoms with Gasteiger partial charge in [0.05, 0.1) is 0 Å². The molecule has 0 fully saturated rings. The molecule has 0 saturated heterocycles. The Morgan fingerprint density at radius 2 is 0.733 bits per heavy atom. The molecule has 11 heteroatoms. The molecule has 0 aromatic carbocycles. The molecular weight excluding hydrogens is 269 g/mol. The van der Waals surface area contributed by atoms with Crippen molar-refractivity contribution in [2.24, 2.45) is 0 Å². The quantitative estimate of drug-likeness (QED) is 0.331. The van der Waals surface area contributed by atoms with Crippen LogP contribution in [0.2, 0.25) is 0 Å². The number of hydrogen-bond donors (Lipinski definition) is 6. The molecule has 0 atom stereocenters. The van der Waals surface area contributed by atoms with Gasteiger partial charge in [0.25, 0.3) is 0 Å². The standard InChI is InChI=1S/2C2H3NO4.Zn/c2*4-1(5)3-2(6)7;/h2*3H,(H,4,5)(H,6,7);. The second-order valence-electron chi connectivity index (χ2n) is 1.47. The Morgan fingerprint density at radius 1 is 0.600 bits per heavy atom. The Morgan fingerprint density at radius 3 is 0.733 bits per heavy atom. The van der Waals surface area contributed by atoms with Crippen LogP contribution in [0.25, 0.3) is 0 Å². The predicted molar refractivity (Wildman–Crippen MR) is 38.4 cm³/mol. The molecule has 6 N–H and O–H groups in total. The zero-order valence-corrected chi connectivity index (χ0v) is 10.1. The molecule has 0 rings (SSSR count). The molecule has 0 radical (unpaired) electrons. The van der Waals surface area contributed by atoms with Gasteiger partial charge in [0.2, 0.25) is 0 Å². The monoisotopic (exact) mass is 274 g/mol. The maximum Gasteiger partial charge on any atom is 0.414 e. The van der Waals surface area contributed by atoms with E-state index in [4.69, 9.17) is 20.4 Å². The average Bonchev–Trinajstić information content (AvgIpc) is 1.79. The van der Waals surface area contributed by atoms with E-state index in [0.29, 0.717) is 0 Å². The fourth-order valence-corrected chi connectivity index (χ4v) is 0.183. The van der Waals surface area contributed by atoms with Gasteiger partial charge in [-0.1, -0.05) is 0 Å². The number of carboxylic acid groups (broad SMARTS) is 4. The smallest absolute Gasteiger partial charge is 0.414 e. The van der Waals surface area contributed by atoms with Crippen LogP contribution in [0.4, 0.5) is 19.2 Å². The predicted octanol–water partition coefficient (Wildman–Crippen LogP) is -0.138. The maximum atomic E-state index is 9.32. The number of nitrogens with one attached hydrogen (secondary N) is 2. The molecule has 4 amide bonds. The summed E-state index contributed by atoms with van der Waals surface area (Å²) < 4.78 is 0. The van der Waals surface area contributed by atoms with Gasteiger partial charge >= 0.3 is 24.4 Å². The first kappa shape index (κ1) is 18.8. The third kappa shape index (κ3) is 33.2. The van der Waals surface area contributed by atoms with E-state index in [2.05, 4.69) is 0 Å². The summed E-state index contributed by atoms with van der Waals surface area (Å²) in [4.78, 5) is 37.3. The van der Waals surface area contributed by atoms with E-state index in [0.717, 1.165) is 10.6 Å². The van der Waals surface area contributed by atoms with Gasteiger partial charge in [-0.05, 0) is 0 Å². The molecule has 82 valence electrons. The fourth-order valence-electron chi connectivity index (χ4n) is 0.183. The molecule has 0 unspecified atom stereocenters. The van der Waals surface area contributed by atoms with Crippen molar-refractivity contribution in [3.05, 3.63) is 0 Å². The second-order valence-corrected chi connectivity index (χ2v) is 1.47. The van der Waals surface area contributed by atoms with E-state index in [1.165, 1.54) is 0 Å². The van der Waals surface area contributed by atoms with Crippen molar-refractivity contribution >= 4 is 24.4 Å². The average molecular weight is 275 g/mol. The van der Waals surface area contributed by atoms with Crippen LogP contribution in [0.5, 0.6) is 0 Å². The van der Waals surface area contributed by atoms with E-state index in [-0.39, 0.29) is 19.5 Å². The van der Waals surface area contributed by atoms with Gasteiger partial charge in [-0.15, -0.1) is 0 Å². The third-order valence-corrected chi connectivity index (χ3v) is 0.428. The van der Waals surface area contributed by atoms with Gasteiger partial charge in [0.1, 0.15) is 0 Å². The molecule has 0 aliphatic carbocycles. The molecule has 0 aliphatic heterocycles. The van der Waals surface area contributed by atoms with Crippen molar-refractivity contribution in [2.45, 2.75) is 0 Å². The molecule has 0 bridgehead atoms. The van der Waals surface area contributed by atoms with Crippen LogP contribution in [0.15, 0.2) is 0 Å². The summed E-state index contributed by atoms with van der Waals surface area (Å²) in [7, 11) is 0. The summed E-state index contributed by atoms with van der Waals surface area (Å²) in [6.45, 7) is 0. The molecular formula is C4H6N2O8Zn. The van der Waals surface area contributed by atoms with Crippen LogP contribution >= 0.6 is 0 Å². The minimum absolute atomic E-state index is 0. The topological polar surface area (TPSA) is 173 Å². The minimum Gasteiger partial charge on any atom is -0.465 e. The minimum atomic E-state index is -1.56. The van der Waals surface area contributed by atoms with Crippen LogP contribution in [-0.4, -0.2) is 44.8 Å². The maximum absolute atomic E-state index is 9.32. The van der Waals surface area contributed by atoms with Crippen LogP contribution in [-0.2, 0) is 19.5 Å². The zero-order chi connectivity index (χ0) is 11.7. The van der Waals surface area contributed by atoms with E-state index >= 15 is 0 Å². The molecule has 0 aromatic heterocycles. The van der Waals surface area contributed by atoms with Crippen molar-refractivity contribution in [1.82, 2.24) is 10.6 Å². The van der Waals surface area contributed by atoms with Crippen molar-refractivity contribution in [1.29, 1.82) is 0 Å². The molecule has 0 spiro atoms. The van der Waals surface area contributed by atoms with Gasteiger partial charge in [0, 0.05) is 19.5 Å². The summed E-state index contributed by atoms with van der Waals surface area (Å²) in [5.74, 6) is 0. The molecule has 0 saturated carbocycles. The summed E-state index contributed by atoms with van der Waals surface area (Å²) in [6, 6.07) is 0. The third-order valence-electron chi connectivity index (χ3n) is 0.428. The van der Waals surface area contributed by atoms with Gasteiger partial charge in [-0.2, -0.15) is 0 Å². The summed E-state index contributed by atoms with van der Waals surface area (Å²) in [6.07, 6.45) is -6.25. The Balaban J connectivity index is -0.000000180. The first-order valence-electron chi connectivity index (χ1n) is 2.71. The molecule has 0 aromatic rings. The van der Waals surface area contributed by atoms with E-state index in [1.807, 2.05) is 0 Å². The Labute approximate surface area is 94.6 Å². The zero-order valence-electron chi connectivity index (χ0n) is 7.13. The number of carbonyl (C=O) groups is 4. The van der Waals surface area contributed by atoms with E-state index in [1.54, 1.807) is 0 Å². The van der Waals surface area contributed by atoms with E-state index < -0.39 is 24.4 Å². The normalized spacial score (nSPS) is 6.93. The largest absolute Gasteiger partial charge is 0.465 e. The van der Waals surface area contributed by atoms with Crippen molar-refractivity contribution in [2.75, 3.05) is 0 Å². The van der Waals surface area contributed by atoms with Gasteiger partial charge in [-0.3, -0.25) is 0 Å². The second kappa shape index (κ2) is 10.2.